The van der Waals surface area contributed by atoms with Crippen LogP contribution in [-0.2, 0) is 9.59 Å². The molecule has 1 aromatic rings. The Morgan fingerprint density at radius 3 is 2.18 bits per heavy atom. The molecule has 0 unspecified atom stereocenters. The molecule has 3 fully saturated rings. The maximum atomic E-state index is 13.7. The normalized spacial score (nSPS) is 36.5. The first-order valence-electron chi connectivity index (χ1n) is 7.56. The summed E-state index contributed by atoms with van der Waals surface area (Å²) in [5.74, 6) is -1.13. The number of imide groups is 1. The van der Waals surface area contributed by atoms with E-state index < -0.39 is 5.82 Å². The summed E-state index contributed by atoms with van der Waals surface area (Å²) in [6, 6.07) is 4.09. The Labute approximate surface area is 131 Å². The van der Waals surface area contributed by atoms with Gasteiger partial charge in [-0.3, -0.25) is 9.59 Å². The molecule has 3 nitrogen and oxygen atoms in total. The van der Waals surface area contributed by atoms with E-state index in [2.05, 4.69) is 12.2 Å². The summed E-state index contributed by atoms with van der Waals surface area (Å²) in [5.41, 5.74) is 0.466. The van der Waals surface area contributed by atoms with Gasteiger partial charge in [-0.1, -0.05) is 23.8 Å². The molecule has 5 heteroatoms. The molecule has 112 valence electrons. The average molecular weight is 318 g/mol. The van der Waals surface area contributed by atoms with Gasteiger partial charge in [-0.15, -0.1) is 0 Å². The van der Waals surface area contributed by atoms with Gasteiger partial charge < -0.3 is 0 Å². The van der Waals surface area contributed by atoms with Crippen molar-refractivity contribution in [2.45, 2.75) is 12.8 Å². The Morgan fingerprint density at radius 2 is 1.68 bits per heavy atom. The molecule has 1 aromatic carbocycles. The molecular weight excluding hydrogens is 305 g/mol. The molecule has 1 aliphatic heterocycles. The van der Waals surface area contributed by atoms with Crippen molar-refractivity contribution in [1.29, 1.82) is 0 Å². The number of halogens is 2. The standard InChI is InChI=1S/C17H13ClFNO2/c18-11-4-1-8(7-12(11)19)20-15(21)13-9-2-3-10(14(13)16(20)22)17(9)5-6-17/h1-4,7,9-10,13-14H,5-6H2/t9-,10-,13+,14+/m1/s1. The third-order valence-corrected chi connectivity index (χ3v) is 6.32. The average Bonchev–Trinajstić information content (AvgIpc) is 3.08. The zero-order valence-corrected chi connectivity index (χ0v) is 12.4. The summed E-state index contributed by atoms with van der Waals surface area (Å²) in [4.78, 5) is 26.8. The number of allylic oxidation sites excluding steroid dienone is 2. The summed E-state index contributed by atoms with van der Waals surface area (Å²) in [6.45, 7) is 0. The number of anilines is 1. The van der Waals surface area contributed by atoms with Crippen molar-refractivity contribution in [3.8, 4) is 0 Å². The molecule has 2 saturated carbocycles. The molecule has 0 aromatic heterocycles. The van der Waals surface area contributed by atoms with E-state index in [1.54, 1.807) is 0 Å². The lowest BCUT2D eigenvalue weighted by Crippen LogP contribution is -2.34. The van der Waals surface area contributed by atoms with Gasteiger partial charge in [0.2, 0.25) is 11.8 Å². The van der Waals surface area contributed by atoms with Crippen LogP contribution < -0.4 is 4.90 Å². The third kappa shape index (κ3) is 1.29. The van der Waals surface area contributed by atoms with E-state index in [4.69, 9.17) is 11.6 Å². The topological polar surface area (TPSA) is 37.4 Å². The van der Waals surface area contributed by atoms with Gasteiger partial charge in [0, 0.05) is 0 Å². The second kappa shape index (κ2) is 3.80. The molecule has 1 heterocycles. The van der Waals surface area contributed by atoms with E-state index in [-0.39, 0.29) is 51.6 Å². The van der Waals surface area contributed by atoms with E-state index in [0.717, 1.165) is 17.7 Å². The smallest absolute Gasteiger partial charge is 0.238 e. The van der Waals surface area contributed by atoms with Crippen LogP contribution in [0.25, 0.3) is 0 Å². The van der Waals surface area contributed by atoms with Crippen molar-refractivity contribution in [3.05, 3.63) is 41.2 Å². The van der Waals surface area contributed by atoms with Gasteiger partial charge in [-0.25, -0.2) is 9.29 Å². The molecule has 4 atom stereocenters. The van der Waals surface area contributed by atoms with Gasteiger partial charge in [0.15, 0.2) is 0 Å². The van der Waals surface area contributed by atoms with Crippen molar-refractivity contribution in [2.24, 2.45) is 29.1 Å². The Bertz CT molecular complexity index is 736. The number of amides is 2. The van der Waals surface area contributed by atoms with Crippen LogP contribution in [0.2, 0.25) is 5.02 Å². The van der Waals surface area contributed by atoms with Crippen LogP contribution >= 0.6 is 11.6 Å². The molecule has 2 amide bonds. The van der Waals surface area contributed by atoms with Crippen LogP contribution in [0.5, 0.6) is 0 Å². The second-order valence-corrected chi connectivity index (χ2v) is 7.24. The van der Waals surface area contributed by atoms with Crippen molar-refractivity contribution in [1.82, 2.24) is 0 Å². The van der Waals surface area contributed by atoms with E-state index in [1.165, 1.54) is 18.2 Å². The quantitative estimate of drug-likeness (QED) is 0.589. The zero-order chi connectivity index (χ0) is 15.2. The van der Waals surface area contributed by atoms with Gasteiger partial charge in [-0.2, -0.15) is 0 Å². The summed E-state index contributed by atoms with van der Waals surface area (Å²) < 4.78 is 13.7. The fourth-order valence-electron chi connectivity index (χ4n) is 4.96. The maximum Gasteiger partial charge on any atom is 0.238 e. The van der Waals surface area contributed by atoms with Crippen molar-refractivity contribution in [3.63, 3.8) is 0 Å². The highest BCUT2D eigenvalue weighted by Crippen LogP contribution is 2.73. The van der Waals surface area contributed by atoms with Crippen LogP contribution in [0, 0.1) is 34.9 Å². The lowest BCUT2D eigenvalue weighted by atomic mass is 9.85. The Balaban J connectivity index is 1.57. The van der Waals surface area contributed by atoms with Gasteiger partial charge >= 0.3 is 0 Å². The van der Waals surface area contributed by atoms with Crippen LogP contribution in [0.3, 0.4) is 0 Å². The molecule has 22 heavy (non-hydrogen) atoms. The molecule has 1 saturated heterocycles. The minimum Gasteiger partial charge on any atom is -0.274 e. The van der Waals surface area contributed by atoms with Crippen molar-refractivity contribution >= 4 is 29.1 Å². The largest absolute Gasteiger partial charge is 0.274 e. The van der Waals surface area contributed by atoms with E-state index in [9.17, 15) is 14.0 Å². The Morgan fingerprint density at radius 1 is 1.09 bits per heavy atom. The second-order valence-electron chi connectivity index (χ2n) is 6.83. The highest BCUT2D eigenvalue weighted by molar-refractivity contribution is 6.31. The van der Waals surface area contributed by atoms with Crippen LogP contribution in [0.15, 0.2) is 30.4 Å². The monoisotopic (exact) mass is 317 g/mol. The lowest BCUT2D eigenvalue weighted by molar-refractivity contribution is -0.123. The van der Waals surface area contributed by atoms with Gasteiger partial charge in [0.1, 0.15) is 5.82 Å². The number of benzene rings is 1. The minimum atomic E-state index is -0.614. The number of hydrogen-bond donors (Lipinski definition) is 0. The first-order valence-corrected chi connectivity index (χ1v) is 7.93. The van der Waals surface area contributed by atoms with E-state index in [1.807, 2.05) is 0 Å². The van der Waals surface area contributed by atoms with Gasteiger partial charge in [0.05, 0.1) is 22.5 Å². The number of rotatable bonds is 1. The van der Waals surface area contributed by atoms with Crippen LogP contribution in [-0.4, -0.2) is 11.8 Å². The van der Waals surface area contributed by atoms with Gasteiger partial charge in [0.25, 0.3) is 0 Å². The fraction of sp³-hybridized carbons (Fsp3) is 0.412. The van der Waals surface area contributed by atoms with Crippen LogP contribution in [0.4, 0.5) is 10.1 Å². The Kier molecular flexibility index (Phi) is 2.21. The molecular formula is C17H13ClFNO2. The van der Waals surface area contributed by atoms with Crippen LogP contribution in [0.1, 0.15) is 12.8 Å². The SMILES string of the molecule is O=C1[C@@H]2[C@@H](C(=O)N1c1ccc(Cl)c(F)c1)[C@H]1C=C[C@H]2C12CC2. The molecule has 2 bridgehead atoms. The lowest BCUT2D eigenvalue weighted by Gasteiger charge is -2.21. The van der Waals surface area contributed by atoms with Crippen molar-refractivity contribution < 1.29 is 14.0 Å². The maximum absolute atomic E-state index is 13.7. The third-order valence-electron chi connectivity index (χ3n) is 6.01. The summed E-state index contributed by atoms with van der Waals surface area (Å²) in [6.07, 6.45) is 6.46. The number of hydrogen-bond acceptors (Lipinski definition) is 2. The summed E-state index contributed by atoms with van der Waals surface area (Å²) in [7, 11) is 0. The predicted molar refractivity (Wildman–Crippen MR) is 78.7 cm³/mol. The first-order chi connectivity index (χ1) is 10.5. The first kappa shape index (κ1) is 12.8. The van der Waals surface area contributed by atoms with E-state index >= 15 is 0 Å². The molecule has 4 aliphatic rings. The molecule has 1 spiro atoms. The number of fused-ring (bicyclic) bond motifs is 3. The fourth-order valence-corrected chi connectivity index (χ4v) is 5.07. The van der Waals surface area contributed by atoms with Crippen molar-refractivity contribution in [2.75, 3.05) is 4.90 Å². The minimum absolute atomic E-state index is 0.0123. The predicted octanol–water partition coefficient (Wildman–Crippen LogP) is 3.18. The summed E-state index contributed by atoms with van der Waals surface area (Å²) in [5, 5.41) is -0.0123. The van der Waals surface area contributed by atoms with E-state index in [0.29, 0.717) is 0 Å². The zero-order valence-electron chi connectivity index (χ0n) is 11.6. The highest BCUT2D eigenvalue weighted by atomic mass is 35.5. The summed E-state index contributed by atoms with van der Waals surface area (Å²) >= 11 is 5.68. The number of nitrogens with zero attached hydrogens (tertiary/aromatic N) is 1. The Hall–Kier alpha value is -1.68. The number of carbonyl (C=O) groups is 2. The highest BCUT2D eigenvalue weighted by Gasteiger charge is 2.73. The molecule has 3 aliphatic carbocycles. The molecule has 5 rings (SSSR count). The van der Waals surface area contributed by atoms with Gasteiger partial charge in [-0.05, 0) is 48.3 Å². The molecule has 0 N–H and O–H groups in total. The number of carbonyl (C=O) groups excluding carboxylic acids is 2. The molecule has 0 radical (unpaired) electrons.